The SMILES string of the molecule is CCc1cc(F)ccc1OC(F)(F)COC(=O)c1cnn2ccc(N)nc12. The third-order valence-corrected chi connectivity index (χ3v) is 3.64. The van der Waals surface area contributed by atoms with E-state index in [4.69, 9.17) is 5.73 Å². The molecule has 0 spiro atoms. The lowest BCUT2D eigenvalue weighted by Crippen LogP contribution is -2.32. The number of nitrogen functional groups attached to an aromatic ring is 1. The van der Waals surface area contributed by atoms with Gasteiger partial charge in [-0.3, -0.25) is 0 Å². The van der Waals surface area contributed by atoms with Gasteiger partial charge in [0.05, 0.1) is 6.20 Å². The number of ether oxygens (including phenoxy) is 2. The summed E-state index contributed by atoms with van der Waals surface area (Å²) < 4.78 is 51.8. The molecule has 3 aromatic rings. The molecule has 0 bridgehead atoms. The van der Waals surface area contributed by atoms with Gasteiger partial charge in [-0.05, 0) is 36.2 Å². The second-order valence-corrected chi connectivity index (χ2v) is 5.60. The number of rotatable bonds is 6. The normalized spacial score (nSPS) is 11.6. The molecule has 7 nitrogen and oxygen atoms in total. The predicted octanol–water partition coefficient (Wildman–Crippen LogP) is 2.84. The molecule has 27 heavy (non-hydrogen) atoms. The lowest BCUT2D eigenvalue weighted by molar-refractivity contribution is -0.201. The van der Waals surface area contributed by atoms with E-state index < -0.39 is 24.5 Å². The fourth-order valence-corrected chi connectivity index (χ4v) is 2.37. The first-order valence-corrected chi connectivity index (χ1v) is 7.91. The molecular formula is C17H15F3N4O3. The van der Waals surface area contributed by atoms with Gasteiger partial charge in [-0.1, -0.05) is 6.92 Å². The van der Waals surface area contributed by atoms with Gasteiger partial charge in [0.1, 0.15) is 22.9 Å². The van der Waals surface area contributed by atoms with Gasteiger partial charge in [-0.2, -0.15) is 13.9 Å². The van der Waals surface area contributed by atoms with Crippen LogP contribution in [-0.4, -0.2) is 33.3 Å². The minimum Gasteiger partial charge on any atom is -0.451 e. The first kappa shape index (κ1) is 18.5. The Morgan fingerprint density at radius 3 is 2.85 bits per heavy atom. The van der Waals surface area contributed by atoms with Crippen molar-refractivity contribution in [3.8, 4) is 5.75 Å². The number of nitrogens with two attached hydrogens (primary N) is 1. The molecule has 2 heterocycles. The van der Waals surface area contributed by atoms with Crippen LogP contribution in [0.15, 0.2) is 36.7 Å². The van der Waals surface area contributed by atoms with Crippen LogP contribution < -0.4 is 10.5 Å². The summed E-state index contributed by atoms with van der Waals surface area (Å²) >= 11 is 0. The second kappa shape index (κ2) is 7.14. The average Bonchev–Trinajstić information content (AvgIpc) is 3.04. The molecule has 0 unspecified atom stereocenters. The van der Waals surface area contributed by atoms with Crippen LogP contribution in [0.3, 0.4) is 0 Å². The van der Waals surface area contributed by atoms with E-state index in [1.54, 1.807) is 6.92 Å². The molecule has 1 aromatic carbocycles. The topological polar surface area (TPSA) is 91.7 Å². The Labute approximate surface area is 151 Å². The Morgan fingerprint density at radius 2 is 2.11 bits per heavy atom. The van der Waals surface area contributed by atoms with Crippen LogP contribution in [0, 0.1) is 5.82 Å². The van der Waals surface area contributed by atoms with Crippen molar-refractivity contribution in [2.75, 3.05) is 12.3 Å². The van der Waals surface area contributed by atoms with E-state index in [9.17, 15) is 18.0 Å². The zero-order valence-electron chi connectivity index (χ0n) is 14.2. The molecule has 0 saturated heterocycles. The Bertz CT molecular complexity index is 991. The smallest absolute Gasteiger partial charge is 0.433 e. The van der Waals surface area contributed by atoms with Crippen molar-refractivity contribution in [3.05, 3.63) is 53.6 Å². The Hall–Kier alpha value is -3.30. The molecule has 0 aliphatic heterocycles. The van der Waals surface area contributed by atoms with Crippen LogP contribution in [0.25, 0.3) is 5.65 Å². The number of benzene rings is 1. The van der Waals surface area contributed by atoms with E-state index >= 15 is 0 Å². The molecule has 0 amide bonds. The number of halogens is 3. The molecular weight excluding hydrogens is 365 g/mol. The number of anilines is 1. The maximum atomic E-state index is 14.1. The molecule has 0 saturated carbocycles. The first-order valence-electron chi connectivity index (χ1n) is 7.91. The van der Waals surface area contributed by atoms with Crippen molar-refractivity contribution < 1.29 is 27.4 Å². The van der Waals surface area contributed by atoms with Crippen molar-refractivity contribution in [2.24, 2.45) is 0 Å². The van der Waals surface area contributed by atoms with Crippen LogP contribution >= 0.6 is 0 Å². The fraction of sp³-hybridized carbons (Fsp3) is 0.235. The molecule has 2 aromatic heterocycles. The fourth-order valence-electron chi connectivity index (χ4n) is 2.37. The van der Waals surface area contributed by atoms with E-state index in [2.05, 4.69) is 19.6 Å². The summed E-state index contributed by atoms with van der Waals surface area (Å²) in [6, 6.07) is 4.67. The highest BCUT2D eigenvalue weighted by Gasteiger charge is 2.35. The molecule has 0 aliphatic rings. The number of aromatic nitrogens is 3. The molecule has 10 heteroatoms. The first-order chi connectivity index (χ1) is 12.8. The number of carbonyl (C=O) groups excluding carboxylic acids is 1. The summed E-state index contributed by atoms with van der Waals surface area (Å²) in [6.07, 6.45) is -0.920. The predicted molar refractivity (Wildman–Crippen MR) is 89.0 cm³/mol. The third kappa shape index (κ3) is 4.10. The van der Waals surface area contributed by atoms with Gasteiger partial charge in [0, 0.05) is 6.20 Å². The lowest BCUT2D eigenvalue weighted by Gasteiger charge is -2.19. The number of hydrogen-bond donors (Lipinski definition) is 1. The highest BCUT2D eigenvalue weighted by atomic mass is 19.3. The summed E-state index contributed by atoms with van der Waals surface area (Å²) in [6.45, 7) is 0.329. The molecule has 2 N–H and O–H groups in total. The highest BCUT2D eigenvalue weighted by Crippen LogP contribution is 2.27. The van der Waals surface area contributed by atoms with Crippen molar-refractivity contribution in [1.82, 2.24) is 14.6 Å². The van der Waals surface area contributed by atoms with Crippen LogP contribution in [0.5, 0.6) is 5.75 Å². The maximum Gasteiger partial charge on any atom is 0.433 e. The van der Waals surface area contributed by atoms with Crippen molar-refractivity contribution in [3.63, 3.8) is 0 Å². The average molecular weight is 380 g/mol. The van der Waals surface area contributed by atoms with E-state index in [0.717, 1.165) is 24.4 Å². The van der Waals surface area contributed by atoms with Gasteiger partial charge >= 0.3 is 12.1 Å². The van der Waals surface area contributed by atoms with Crippen molar-refractivity contribution in [2.45, 2.75) is 19.5 Å². The molecule has 142 valence electrons. The number of hydrogen-bond acceptors (Lipinski definition) is 6. The summed E-state index contributed by atoms with van der Waals surface area (Å²) in [5.74, 6) is -1.67. The lowest BCUT2D eigenvalue weighted by atomic mass is 10.1. The Balaban J connectivity index is 1.71. The number of fused-ring (bicyclic) bond motifs is 1. The second-order valence-electron chi connectivity index (χ2n) is 5.60. The largest absolute Gasteiger partial charge is 0.451 e. The summed E-state index contributed by atoms with van der Waals surface area (Å²) in [5, 5.41) is 3.87. The van der Waals surface area contributed by atoms with Gasteiger partial charge in [0.2, 0.25) is 0 Å². The van der Waals surface area contributed by atoms with Crippen molar-refractivity contribution in [1.29, 1.82) is 0 Å². The van der Waals surface area contributed by atoms with Crippen LogP contribution in [0.4, 0.5) is 19.0 Å². The minimum absolute atomic E-state index is 0.0797. The monoisotopic (exact) mass is 380 g/mol. The van der Waals surface area contributed by atoms with E-state index in [1.807, 2.05) is 0 Å². The van der Waals surface area contributed by atoms with E-state index in [-0.39, 0.29) is 28.3 Å². The van der Waals surface area contributed by atoms with Gasteiger partial charge in [-0.25, -0.2) is 18.7 Å². The maximum absolute atomic E-state index is 14.1. The molecule has 0 aliphatic carbocycles. The van der Waals surface area contributed by atoms with Gasteiger partial charge in [0.15, 0.2) is 12.3 Å². The summed E-state index contributed by atoms with van der Waals surface area (Å²) in [7, 11) is 0. The number of carbonyl (C=O) groups is 1. The van der Waals surface area contributed by atoms with Gasteiger partial charge in [0.25, 0.3) is 0 Å². The summed E-state index contributed by atoms with van der Waals surface area (Å²) in [5.41, 5.74) is 5.78. The van der Waals surface area contributed by atoms with Crippen LogP contribution in [0.2, 0.25) is 0 Å². The Morgan fingerprint density at radius 1 is 1.33 bits per heavy atom. The number of aryl methyl sites for hydroxylation is 1. The standard InChI is InChI=1S/C17H15F3N4O3/c1-2-10-7-11(18)3-4-13(10)27-17(19,20)9-26-16(25)12-8-22-24-6-5-14(21)23-15(12)24/h3-8H,2,9H2,1H3,(H2,21,23). The van der Waals surface area contributed by atoms with E-state index in [1.165, 1.54) is 16.8 Å². The zero-order chi connectivity index (χ0) is 19.6. The quantitative estimate of drug-likeness (QED) is 0.661. The number of alkyl halides is 2. The van der Waals surface area contributed by atoms with Gasteiger partial charge < -0.3 is 15.2 Å². The Kier molecular flexibility index (Phi) is 4.89. The molecule has 0 radical (unpaired) electrons. The number of nitrogens with zero attached hydrogens (tertiary/aromatic N) is 3. The number of esters is 1. The zero-order valence-corrected chi connectivity index (χ0v) is 14.2. The third-order valence-electron chi connectivity index (χ3n) is 3.64. The van der Waals surface area contributed by atoms with Crippen LogP contribution in [0.1, 0.15) is 22.8 Å². The van der Waals surface area contributed by atoms with Crippen LogP contribution in [-0.2, 0) is 11.2 Å². The summed E-state index contributed by atoms with van der Waals surface area (Å²) in [4.78, 5) is 16.0. The van der Waals surface area contributed by atoms with Gasteiger partial charge in [-0.15, -0.1) is 0 Å². The molecule has 0 fully saturated rings. The highest BCUT2D eigenvalue weighted by molar-refractivity contribution is 5.95. The van der Waals surface area contributed by atoms with Crippen molar-refractivity contribution >= 4 is 17.4 Å². The minimum atomic E-state index is -3.81. The van der Waals surface area contributed by atoms with E-state index in [0.29, 0.717) is 6.42 Å². The molecule has 0 atom stereocenters. The molecule has 3 rings (SSSR count).